The molecule has 132 valence electrons. The fourth-order valence-electron chi connectivity index (χ4n) is 3.48. The molecular formula is C18H27ClN4O. The van der Waals surface area contributed by atoms with Crippen molar-refractivity contribution in [3.63, 3.8) is 0 Å². The van der Waals surface area contributed by atoms with Crippen LogP contribution in [0.1, 0.15) is 12.0 Å². The fraction of sp³-hybridized carbons (Fsp3) is 0.611. The topological polar surface area (TPSA) is 40.1 Å². The Balaban J connectivity index is 1.45. The summed E-state index contributed by atoms with van der Waals surface area (Å²) in [5.41, 5.74) is 1.29. The molecule has 1 N–H and O–H groups in total. The Hall–Kier alpha value is -1.30. The van der Waals surface area contributed by atoms with Gasteiger partial charge in [-0.25, -0.2) is 0 Å². The van der Waals surface area contributed by atoms with Crippen molar-refractivity contribution in [1.82, 2.24) is 15.1 Å². The monoisotopic (exact) mass is 350 g/mol. The van der Waals surface area contributed by atoms with E-state index >= 15 is 0 Å². The van der Waals surface area contributed by atoms with Crippen LogP contribution >= 0.6 is 11.6 Å². The summed E-state index contributed by atoms with van der Waals surface area (Å²) < 4.78 is 5.46. The molecule has 2 fully saturated rings. The maximum Gasteiger partial charge on any atom is 0.193 e. The highest BCUT2D eigenvalue weighted by Gasteiger charge is 2.30. The van der Waals surface area contributed by atoms with E-state index in [1.165, 1.54) is 12.0 Å². The van der Waals surface area contributed by atoms with Crippen molar-refractivity contribution in [2.45, 2.75) is 18.9 Å². The largest absolute Gasteiger partial charge is 0.379 e. The van der Waals surface area contributed by atoms with Gasteiger partial charge in [0.05, 0.1) is 13.2 Å². The third-order valence-corrected chi connectivity index (χ3v) is 5.10. The Morgan fingerprint density at radius 1 is 1.25 bits per heavy atom. The van der Waals surface area contributed by atoms with Crippen LogP contribution in [0.3, 0.4) is 0 Å². The maximum atomic E-state index is 5.93. The molecule has 0 bridgehead atoms. The van der Waals surface area contributed by atoms with Crippen LogP contribution in [-0.4, -0.2) is 74.8 Å². The van der Waals surface area contributed by atoms with Crippen LogP contribution in [0.4, 0.5) is 0 Å². The summed E-state index contributed by atoms with van der Waals surface area (Å²) in [5.74, 6) is 1.01. The Labute approximate surface area is 149 Å². The summed E-state index contributed by atoms with van der Waals surface area (Å²) >= 11 is 5.93. The van der Waals surface area contributed by atoms with Gasteiger partial charge in [-0.15, -0.1) is 0 Å². The van der Waals surface area contributed by atoms with Crippen LogP contribution < -0.4 is 5.32 Å². The second kappa shape index (κ2) is 8.70. The van der Waals surface area contributed by atoms with Gasteiger partial charge in [0.2, 0.25) is 0 Å². The number of hydrogen-bond acceptors (Lipinski definition) is 3. The van der Waals surface area contributed by atoms with Crippen molar-refractivity contribution in [1.29, 1.82) is 0 Å². The van der Waals surface area contributed by atoms with E-state index in [9.17, 15) is 0 Å². The van der Waals surface area contributed by atoms with Crippen LogP contribution in [0.2, 0.25) is 5.02 Å². The smallest absolute Gasteiger partial charge is 0.193 e. The predicted octanol–water partition coefficient (Wildman–Crippen LogP) is 1.86. The minimum atomic E-state index is 0.628. The third kappa shape index (κ3) is 4.62. The van der Waals surface area contributed by atoms with Gasteiger partial charge in [-0.1, -0.05) is 23.7 Å². The summed E-state index contributed by atoms with van der Waals surface area (Å²) in [6.07, 6.45) is 2.18. The minimum absolute atomic E-state index is 0.628. The molecule has 1 aromatic carbocycles. The van der Waals surface area contributed by atoms with Gasteiger partial charge in [0.15, 0.2) is 5.96 Å². The van der Waals surface area contributed by atoms with Gasteiger partial charge in [0.25, 0.3) is 0 Å². The van der Waals surface area contributed by atoms with Crippen molar-refractivity contribution >= 4 is 17.6 Å². The molecule has 24 heavy (non-hydrogen) atoms. The van der Waals surface area contributed by atoms with E-state index in [0.717, 1.165) is 63.3 Å². The lowest BCUT2D eigenvalue weighted by atomic mass is 10.1. The van der Waals surface area contributed by atoms with Crippen molar-refractivity contribution in [3.05, 3.63) is 34.9 Å². The SMILES string of the molecule is CN=C(NCCc1ccc(Cl)cc1)N1CCC(N2CCOCC2)C1. The zero-order valence-corrected chi connectivity index (χ0v) is 15.1. The number of nitrogens with one attached hydrogen (secondary N) is 1. The number of guanidine groups is 1. The molecule has 1 aromatic rings. The zero-order valence-electron chi connectivity index (χ0n) is 14.4. The molecule has 0 aliphatic carbocycles. The number of nitrogens with zero attached hydrogens (tertiary/aromatic N) is 3. The molecule has 2 saturated heterocycles. The number of likely N-dealkylation sites (tertiary alicyclic amines) is 1. The van der Waals surface area contributed by atoms with Gasteiger partial charge in [-0.3, -0.25) is 9.89 Å². The van der Waals surface area contributed by atoms with Crippen LogP contribution in [0.15, 0.2) is 29.3 Å². The average Bonchev–Trinajstić information content (AvgIpc) is 3.11. The summed E-state index contributed by atoms with van der Waals surface area (Å²) in [5, 5.41) is 4.28. The third-order valence-electron chi connectivity index (χ3n) is 4.85. The van der Waals surface area contributed by atoms with E-state index in [4.69, 9.17) is 16.3 Å². The van der Waals surface area contributed by atoms with Gasteiger partial charge >= 0.3 is 0 Å². The van der Waals surface area contributed by atoms with Gasteiger partial charge in [-0.05, 0) is 30.5 Å². The van der Waals surface area contributed by atoms with E-state index in [1.54, 1.807) is 0 Å². The summed E-state index contributed by atoms with van der Waals surface area (Å²) in [6, 6.07) is 8.68. The molecule has 0 aromatic heterocycles. The van der Waals surface area contributed by atoms with Crippen molar-refractivity contribution < 1.29 is 4.74 Å². The summed E-state index contributed by atoms with van der Waals surface area (Å²) in [7, 11) is 1.87. The summed E-state index contributed by atoms with van der Waals surface area (Å²) in [4.78, 5) is 9.40. The van der Waals surface area contributed by atoms with Gasteiger partial charge in [0, 0.05) is 50.8 Å². The molecule has 1 unspecified atom stereocenters. The maximum absolute atomic E-state index is 5.93. The number of morpholine rings is 1. The standard InChI is InChI=1S/C18H27ClN4O/c1-20-18(21-8-6-15-2-4-16(19)5-3-15)23-9-7-17(14-23)22-10-12-24-13-11-22/h2-5,17H,6-14H2,1H3,(H,20,21). The molecule has 5 nitrogen and oxygen atoms in total. The second-order valence-corrected chi connectivity index (χ2v) is 6.82. The van der Waals surface area contributed by atoms with E-state index in [2.05, 4.69) is 32.2 Å². The number of halogens is 1. The van der Waals surface area contributed by atoms with Gasteiger partial charge in [0.1, 0.15) is 0 Å². The Morgan fingerprint density at radius 3 is 2.71 bits per heavy atom. The molecule has 0 spiro atoms. The van der Waals surface area contributed by atoms with Crippen molar-refractivity contribution in [2.75, 3.05) is 53.0 Å². The molecule has 0 radical (unpaired) electrons. The van der Waals surface area contributed by atoms with E-state index < -0.39 is 0 Å². The molecule has 2 aliphatic heterocycles. The van der Waals surface area contributed by atoms with Crippen LogP contribution in [-0.2, 0) is 11.2 Å². The zero-order chi connectivity index (χ0) is 16.8. The van der Waals surface area contributed by atoms with E-state index in [0.29, 0.717) is 6.04 Å². The number of aliphatic imine (C=N–C) groups is 1. The lowest BCUT2D eigenvalue weighted by Gasteiger charge is -2.32. The first-order chi connectivity index (χ1) is 11.8. The normalized spacial score (nSPS) is 22.8. The Kier molecular flexibility index (Phi) is 6.35. The molecule has 2 aliphatic rings. The van der Waals surface area contributed by atoms with Crippen LogP contribution in [0.5, 0.6) is 0 Å². The lowest BCUT2D eigenvalue weighted by Crippen LogP contribution is -2.46. The molecule has 0 saturated carbocycles. The molecule has 2 heterocycles. The molecular weight excluding hydrogens is 324 g/mol. The number of rotatable bonds is 4. The number of benzene rings is 1. The molecule has 3 rings (SSSR count). The van der Waals surface area contributed by atoms with Gasteiger partial charge in [-0.2, -0.15) is 0 Å². The first kappa shape index (κ1) is 17.5. The first-order valence-electron chi connectivity index (χ1n) is 8.78. The quantitative estimate of drug-likeness (QED) is 0.664. The number of ether oxygens (including phenoxy) is 1. The fourth-order valence-corrected chi connectivity index (χ4v) is 3.60. The Bertz CT molecular complexity index is 542. The highest BCUT2D eigenvalue weighted by atomic mass is 35.5. The minimum Gasteiger partial charge on any atom is -0.379 e. The van der Waals surface area contributed by atoms with Crippen LogP contribution in [0, 0.1) is 0 Å². The first-order valence-corrected chi connectivity index (χ1v) is 9.16. The predicted molar refractivity (Wildman–Crippen MR) is 98.9 cm³/mol. The average molecular weight is 351 g/mol. The number of hydrogen-bond donors (Lipinski definition) is 1. The van der Waals surface area contributed by atoms with Crippen LogP contribution in [0.25, 0.3) is 0 Å². The molecule has 6 heteroatoms. The Morgan fingerprint density at radius 2 is 2.00 bits per heavy atom. The summed E-state index contributed by atoms with van der Waals surface area (Å²) in [6.45, 7) is 6.85. The molecule has 1 atom stereocenters. The van der Waals surface area contributed by atoms with Crippen molar-refractivity contribution in [3.8, 4) is 0 Å². The van der Waals surface area contributed by atoms with Gasteiger partial charge < -0.3 is 15.0 Å². The highest BCUT2D eigenvalue weighted by Crippen LogP contribution is 2.17. The van der Waals surface area contributed by atoms with E-state index in [-0.39, 0.29) is 0 Å². The molecule has 0 amide bonds. The lowest BCUT2D eigenvalue weighted by molar-refractivity contribution is 0.0195. The van der Waals surface area contributed by atoms with E-state index in [1.807, 2.05) is 19.2 Å². The van der Waals surface area contributed by atoms with Crippen molar-refractivity contribution in [2.24, 2.45) is 4.99 Å². The second-order valence-electron chi connectivity index (χ2n) is 6.39. The highest BCUT2D eigenvalue weighted by molar-refractivity contribution is 6.30.